The first-order valence-corrected chi connectivity index (χ1v) is 5.95. The molecule has 0 aromatic heterocycles. The van der Waals surface area contributed by atoms with Gasteiger partial charge in [-0.1, -0.05) is 13.3 Å². The van der Waals surface area contributed by atoms with E-state index in [2.05, 4.69) is 12.2 Å². The van der Waals surface area contributed by atoms with E-state index >= 15 is 0 Å². The molecule has 0 bridgehead atoms. The molecule has 1 rings (SSSR count). The zero-order valence-corrected chi connectivity index (χ0v) is 9.63. The van der Waals surface area contributed by atoms with Crippen molar-refractivity contribution in [2.24, 2.45) is 0 Å². The van der Waals surface area contributed by atoms with Crippen LogP contribution < -0.4 is 5.32 Å². The van der Waals surface area contributed by atoms with Crippen molar-refractivity contribution in [3.8, 4) is 0 Å². The number of rotatable bonds is 7. The molecule has 4 heteroatoms. The number of nitrogens with zero attached hydrogens (tertiary/aromatic N) is 1. The van der Waals surface area contributed by atoms with Gasteiger partial charge in [-0.2, -0.15) is 0 Å². The Labute approximate surface area is 92.0 Å². The summed E-state index contributed by atoms with van der Waals surface area (Å²) >= 11 is 0. The first-order valence-electron chi connectivity index (χ1n) is 5.95. The molecular weight excluding hydrogens is 192 g/mol. The number of hydrogen-bond donors (Lipinski definition) is 1. The van der Waals surface area contributed by atoms with E-state index in [9.17, 15) is 4.79 Å². The normalized spacial score (nSPS) is 16.6. The first kappa shape index (κ1) is 12.3. The van der Waals surface area contributed by atoms with Crippen molar-refractivity contribution < 1.29 is 9.53 Å². The Morgan fingerprint density at radius 1 is 1.40 bits per heavy atom. The van der Waals surface area contributed by atoms with Crippen LogP contribution in [0.4, 0.5) is 4.79 Å². The summed E-state index contributed by atoms with van der Waals surface area (Å²) in [5, 5.41) is 2.84. The quantitative estimate of drug-likeness (QED) is 0.654. The van der Waals surface area contributed by atoms with Crippen LogP contribution in [0, 0.1) is 0 Å². The molecule has 1 N–H and O–H groups in total. The maximum atomic E-state index is 11.3. The highest BCUT2D eigenvalue weighted by atomic mass is 16.5. The fourth-order valence-electron chi connectivity index (χ4n) is 1.60. The summed E-state index contributed by atoms with van der Waals surface area (Å²) in [4.78, 5) is 13.2. The van der Waals surface area contributed by atoms with Crippen molar-refractivity contribution in [1.82, 2.24) is 10.2 Å². The minimum atomic E-state index is 0.0785. The molecule has 15 heavy (non-hydrogen) atoms. The molecule has 0 atom stereocenters. The zero-order chi connectivity index (χ0) is 10.9. The number of amides is 2. The second kappa shape index (κ2) is 7.51. The van der Waals surface area contributed by atoms with Crippen LogP contribution in [-0.2, 0) is 4.74 Å². The fraction of sp³-hybridized carbons (Fsp3) is 0.909. The lowest BCUT2D eigenvalue weighted by molar-refractivity contribution is 0.118. The van der Waals surface area contributed by atoms with Crippen LogP contribution in [0.15, 0.2) is 0 Å². The van der Waals surface area contributed by atoms with Crippen LogP contribution in [0.1, 0.15) is 32.6 Å². The molecular formula is C11H22N2O2. The van der Waals surface area contributed by atoms with Crippen LogP contribution >= 0.6 is 0 Å². The van der Waals surface area contributed by atoms with Crippen molar-refractivity contribution in [2.45, 2.75) is 32.6 Å². The molecule has 4 nitrogen and oxygen atoms in total. The highest BCUT2D eigenvalue weighted by Gasteiger charge is 2.15. The number of carbonyl (C=O) groups is 1. The molecule has 0 aromatic carbocycles. The number of hydrogen-bond acceptors (Lipinski definition) is 2. The van der Waals surface area contributed by atoms with Crippen LogP contribution in [0.3, 0.4) is 0 Å². The third kappa shape index (κ3) is 5.02. The summed E-state index contributed by atoms with van der Waals surface area (Å²) in [5.41, 5.74) is 0. The lowest BCUT2D eigenvalue weighted by Crippen LogP contribution is -2.46. The van der Waals surface area contributed by atoms with Crippen LogP contribution in [0.2, 0.25) is 0 Å². The molecule has 0 unspecified atom stereocenters. The molecule has 0 aromatic rings. The van der Waals surface area contributed by atoms with E-state index in [4.69, 9.17) is 4.74 Å². The fourth-order valence-corrected chi connectivity index (χ4v) is 1.60. The minimum absolute atomic E-state index is 0.0785. The Balaban J connectivity index is 1.96. The zero-order valence-electron chi connectivity index (χ0n) is 9.63. The highest BCUT2D eigenvalue weighted by molar-refractivity contribution is 5.74. The Hall–Kier alpha value is -0.770. The Morgan fingerprint density at radius 2 is 2.20 bits per heavy atom. The van der Waals surface area contributed by atoms with Gasteiger partial charge in [0.05, 0.1) is 0 Å². The van der Waals surface area contributed by atoms with Gasteiger partial charge in [0.2, 0.25) is 0 Å². The standard InChI is InChI=1S/C11H22N2O2/c1-2-3-9-15-10-5-8-13-7-4-6-12-11(13)14/h2-10H2,1H3,(H,12,14). The third-order valence-electron chi connectivity index (χ3n) is 2.53. The Bertz CT molecular complexity index is 185. The van der Waals surface area contributed by atoms with E-state index in [0.717, 1.165) is 52.1 Å². The molecule has 0 radical (unpaired) electrons. The Kier molecular flexibility index (Phi) is 6.16. The molecule has 1 aliphatic heterocycles. The van der Waals surface area contributed by atoms with E-state index in [1.807, 2.05) is 4.90 Å². The van der Waals surface area contributed by atoms with Gasteiger partial charge in [-0.05, 0) is 19.3 Å². The van der Waals surface area contributed by atoms with Gasteiger partial charge in [0.25, 0.3) is 0 Å². The predicted molar refractivity (Wildman–Crippen MR) is 59.9 cm³/mol. The highest BCUT2D eigenvalue weighted by Crippen LogP contribution is 2.00. The van der Waals surface area contributed by atoms with E-state index in [-0.39, 0.29) is 6.03 Å². The van der Waals surface area contributed by atoms with Crippen molar-refractivity contribution in [1.29, 1.82) is 0 Å². The second-order valence-corrected chi connectivity index (χ2v) is 3.89. The van der Waals surface area contributed by atoms with Gasteiger partial charge in [-0.25, -0.2) is 4.79 Å². The van der Waals surface area contributed by atoms with Crippen molar-refractivity contribution >= 4 is 6.03 Å². The number of ether oxygens (including phenoxy) is 1. The number of nitrogens with one attached hydrogen (secondary N) is 1. The van der Waals surface area contributed by atoms with Crippen molar-refractivity contribution in [2.75, 3.05) is 32.8 Å². The van der Waals surface area contributed by atoms with Gasteiger partial charge in [0.1, 0.15) is 0 Å². The van der Waals surface area contributed by atoms with Crippen LogP contribution in [0.25, 0.3) is 0 Å². The monoisotopic (exact) mass is 214 g/mol. The number of urea groups is 1. The molecule has 2 amide bonds. The molecule has 0 aliphatic carbocycles. The summed E-state index contributed by atoms with van der Waals surface area (Å²) in [6, 6.07) is 0.0785. The minimum Gasteiger partial charge on any atom is -0.381 e. The van der Waals surface area contributed by atoms with Gasteiger partial charge in [-0.3, -0.25) is 0 Å². The van der Waals surface area contributed by atoms with Gasteiger partial charge in [-0.15, -0.1) is 0 Å². The van der Waals surface area contributed by atoms with Gasteiger partial charge in [0.15, 0.2) is 0 Å². The number of carbonyl (C=O) groups excluding carboxylic acids is 1. The SMILES string of the molecule is CCCCOCCCN1CCCNC1=O. The van der Waals surface area contributed by atoms with Crippen molar-refractivity contribution in [3.05, 3.63) is 0 Å². The average Bonchev–Trinajstić information content (AvgIpc) is 2.25. The van der Waals surface area contributed by atoms with Gasteiger partial charge < -0.3 is 15.0 Å². The number of unbranched alkanes of at least 4 members (excludes halogenated alkanes) is 1. The predicted octanol–water partition coefficient (Wildman–Crippen LogP) is 1.61. The maximum Gasteiger partial charge on any atom is 0.317 e. The molecule has 88 valence electrons. The molecule has 1 aliphatic rings. The summed E-state index contributed by atoms with van der Waals surface area (Å²) < 4.78 is 5.44. The lowest BCUT2D eigenvalue weighted by Gasteiger charge is -2.27. The van der Waals surface area contributed by atoms with E-state index < -0.39 is 0 Å². The molecule has 0 spiro atoms. The summed E-state index contributed by atoms with van der Waals surface area (Å²) in [6.07, 6.45) is 4.30. The van der Waals surface area contributed by atoms with Crippen molar-refractivity contribution in [3.63, 3.8) is 0 Å². The van der Waals surface area contributed by atoms with Gasteiger partial charge in [0, 0.05) is 32.8 Å². The summed E-state index contributed by atoms with van der Waals surface area (Å²) in [6.45, 7) is 6.30. The van der Waals surface area contributed by atoms with E-state index in [1.165, 1.54) is 6.42 Å². The van der Waals surface area contributed by atoms with E-state index in [1.54, 1.807) is 0 Å². The lowest BCUT2D eigenvalue weighted by atomic mass is 10.3. The van der Waals surface area contributed by atoms with Crippen LogP contribution in [0.5, 0.6) is 0 Å². The average molecular weight is 214 g/mol. The molecule has 0 saturated carbocycles. The van der Waals surface area contributed by atoms with Crippen LogP contribution in [-0.4, -0.2) is 43.8 Å². The summed E-state index contributed by atoms with van der Waals surface area (Å²) in [7, 11) is 0. The molecule has 1 fully saturated rings. The second-order valence-electron chi connectivity index (χ2n) is 3.89. The smallest absolute Gasteiger partial charge is 0.317 e. The molecule has 1 saturated heterocycles. The van der Waals surface area contributed by atoms with E-state index in [0.29, 0.717) is 0 Å². The summed E-state index contributed by atoms with van der Waals surface area (Å²) in [5.74, 6) is 0. The maximum absolute atomic E-state index is 11.3. The van der Waals surface area contributed by atoms with Gasteiger partial charge >= 0.3 is 6.03 Å². The molecule has 1 heterocycles. The Morgan fingerprint density at radius 3 is 2.93 bits per heavy atom. The first-order chi connectivity index (χ1) is 7.34. The largest absolute Gasteiger partial charge is 0.381 e. The topological polar surface area (TPSA) is 41.6 Å². The third-order valence-corrected chi connectivity index (χ3v) is 2.53.